The average molecular weight is 318 g/mol. The summed E-state index contributed by atoms with van der Waals surface area (Å²) in [5.41, 5.74) is 5.22. The van der Waals surface area contributed by atoms with Crippen LogP contribution < -0.4 is 9.93 Å². The zero-order valence-corrected chi connectivity index (χ0v) is 14.9. The molecule has 0 saturated carbocycles. The first-order valence-corrected chi connectivity index (χ1v) is 8.67. The normalized spacial score (nSPS) is 16.5. The van der Waals surface area contributed by atoms with Crippen molar-refractivity contribution in [2.45, 2.75) is 39.5 Å². The highest BCUT2D eigenvalue weighted by atomic mass is 16.3. The van der Waals surface area contributed by atoms with Crippen LogP contribution in [0.2, 0.25) is 0 Å². The fourth-order valence-corrected chi connectivity index (χ4v) is 3.49. The predicted molar refractivity (Wildman–Crippen MR) is 98.7 cm³/mol. The summed E-state index contributed by atoms with van der Waals surface area (Å²) >= 11 is 0. The van der Waals surface area contributed by atoms with Crippen LogP contribution in [0.1, 0.15) is 37.7 Å². The molecule has 0 aromatic heterocycles. The van der Waals surface area contributed by atoms with Crippen molar-refractivity contribution in [1.82, 2.24) is 4.58 Å². The minimum absolute atomic E-state index is 0.00913. The first-order valence-electron chi connectivity index (χ1n) is 8.67. The van der Waals surface area contributed by atoms with Gasteiger partial charge in [0.25, 0.3) is 0 Å². The SMILES string of the molecule is Cc1cc(C(C)(C)C)oc2cc(=[N+]3CCc4ccccc43)ccc1-2. The molecule has 0 atom stereocenters. The molecule has 1 aliphatic carbocycles. The van der Waals surface area contributed by atoms with Gasteiger partial charge < -0.3 is 4.42 Å². The van der Waals surface area contributed by atoms with Crippen LogP contribution >= 0.6 is 0 Å². The average Bonchev–Trinajstić information content (AvgIpc) is 2.97. The fraction of sp³-hybridized carbons (Fsp3) is 0.318. The smallest absolute Gasteiger partial charge is 0.209 e. The van der Waals surface area contributed by atoms with Gasteiger partial charge in [0.1, 0.15) is 11.5 Å². The van der Waals surface area contributed by atoms with Crippen LogP contribution in [0.15, 0.2) is 52.9 Å². The topological polar surface area (TPSA) is 16.1 Å². The van der Waals surface area contributed by atoms with E-state index in [-0.39, 0.29) is 5.41 Å². The third-order valence-electron chi connectivity index (χ3n) is 4.90. The highest BCUT2D eigenvalue weighted by molar-refractivity contribution is 5.63. The van der Waals surface area contributed by atoms with Gasteiger partial charge in [0.05, 0.1) is 6.07 Å². The molecule has 3 aliphatic rings. The molecule has 0 unspecified atom stereocenters. The highest BCUT2D eigenvalue weighted by Gasteiger charge is 2.25. The third kappa shape index (κ3) is 2.47. The number of aryl methyl sites for hydroxylation is 1. The molecule has 2 nitrogen and oxygen atoms in total. The Morgan fingerprint density at radius 2 is 1.79 bits per heavy atom. The summed E-state index contributed by atoms with van der Waals surface area (Å²) in [4.78, 5) is 0. The first kappa shape index (κ1) is 15.2. The summed E-state index contributed by atoms with van der Waals surface area (Å²) in [5.74, 6) is 2.01. The minimum atomic E-state index is 0.00913. The van der Waals surface area contributed by atoms with Gasteiger partial charge in [-0.15, -0.1) is 0 Å². The maximum Gasteiger partial charge on any atom is 0.209 e. The summed E-state index contributed by atoms with van der Waals surface area (Å²) < 4.78 is 8.66. The molecule has 0 radical (unpaired) electrons. The van der Waals surface area contributed by atoms with Crippen molar-refractivity contribution < 1.29 is 4.42 Å². The van der Waals surface area contributed by atoms with E-state index in [9.17, 15) is 0 Å². The Hall–Kier alpha value is -2.35. The van der Waals surface area contributed by atoms with Crippen molar-refractivity contribution in [2.24, 2.45) is 0 Å². The highest BCUT2D eigenvalue weighted by Crippen LogP contribution is 2.32. The molecule has 0 amide bonds. The molecule has 2 aliphatic heterocycles. The Morgan fingerprint density at radius 1 is 1.00 bits per heavy atom. The van der Waals surface area contributed by atoms with Gasteiger partial charge in [-0.1, -0.05) is 39.0 Å². The lowest BCUT2D eigenvalue weighted by molar-refractivity contribution is 0.403. The standard InChI is InChI=1S/C22H24NO/c1-15-13-21(22(2,3)4)24-20-14-17(9-10-18(15)20)23-12-11-16-7-5-6-8-19(16)23/h5-10,13-14H,11-12H2,1-4H3/q+1. The van der Waals surface area contributed by atoms with Crippen molar-refractivity contribution in [2.75, 3.05) is 6.54 Å². The second-order valence-electron chi connectivity index (χ2n) is 7.75. The van der Waals surface area contributed by atoms with Crippen LogP contribution in [0.3, 0.4) is 0 Å². The van der Waals surface area contributed by atoms with Crippen LogP contribution in [0.5, 0.6) is 0 Å². The molecule has 0 spiro atoms. The first-order chi connectivity index (χ1) is 11.4. The van der Waals surface area contributed by atoms with Gasteiger partial charge in [-0.2, -0.15) is 4.58 Å². The Balaban J connectivity index is 1.97. The second-order valence-corrected chi connectivity index (χ2v) is 7.75. The molecule has 1 aromatic carbocycles. The van der Waals surface area contributed by atoms with Gasteiger partial charge in [0.2, 0.25) is 11.0 Å². The quantitative estimate of drug-likeness (QED) is 0.551. The molecule has 2 heterocycles. The molecule has 0 bridgehead atoms. The molecule has 24 heavy (non-hydrogen) atoms. The lowest BCUT2D eigenvalue weighted by atomic mass is 9.91. The number of hydrogen-bond acceptors (Lipinski definition) is 1. The lowest BCUT2D eigenvalue weighted by Gasteiger charge is -2.20. The van der Waals surface area contributed by atoms with Crippen molar-refractivity contribution in [3.63, 3.8) is 0 Å². The van der Waals surface area contributed by atoms with E-state index in [1.165, 1.54) is 27.7 Å². The van der Waals surface area contributed by atoms with E-state index in [1.54, 1.807) is 0 Å². The van der Waals surface area contributed by atoms with Crippen LogP contribution in [0.4, 0.5) is 5.69 Å². The molecule has 2 heteroatoms. The zero-order valence-electron chi connectivity index (χ0n) is 14.9. The number of benzene rings is 2. The fourth-order valence-electron chi connectivity index (χ4n) is 3.49. The maximum atomic E-state index is 6.27. The predicted octanol–water partition coefficient (Wildman–Crippen LogP) is 4.65. The van der Waals surface area contributed by atoms with Crippen LogP contribution in [0, 0.1) is 6.92 Å². The largest absolute Gasteiger partial charge is 0.460 e. The summed E-state index contributed by atoms with van der Waals surface area (Å²) in [6, 6.07) is 17.4. The van der Waals surface area contributed by atoms with Crippen LogP contribution in [-0.2, 0) is 11.8 Å². The van der Waals surface area contributed by atoms with Crippen molar-refractivity contribution in [3.8, 4) is 11.3 Å². The van der Waals surface area contributed by atoms with Gasteiger partial charge in [0.15, 0.2) is 6.54 Å². The number of fused-ring (bicyclic) bond motifs is 2. The monoisotopic (exact) mass is 318 g/mol. The zero-order chi connectivity index (χ0) is 16.9. The minimum Gasteiger partial charge on any atom is -0.460 e. The summed E-state index contributed by atoms with van der Waals surface area (Å²) in [7, 11) is 0. The Labute approximate surface area is 143 Å². The van der Waals surface area contributed by atoms with Gasteiger partial charge in [0, 0.05) is 35.1 Å². The summed E-state index contributed by atoms with van der Waals surface area (Å²) in [6.07, 6.45) is 1.10. The number of rotatable bonds is 0. The van der Waals surface area contributed by atoms with Gasteiger partial charge in [-0.05, 0) is 24.6 Å². The Bertz CT molecular complexity index is 956. The number of hydrogen-bond donors (Lipinski definition) is 0. The lowest BCUT2D eigenvalue weighted by Crippen LogP contribution is -2.23. The van der Waals surface area contributed by atoms with E-state index in [1.807, 2.05) is 0 Å². The number of nitrogens with zero attached hydrogens (tertiary/aromatic N) is 1. The Kier molecular flexibility index (Phi) is 3.38. The van der Waals surface area contributed by atoms with E-state index in [0.29, 0.717) is 0 Å². The molecule has 1 aromatic rings. The number of para-hydroxylation sites is 1. The molecule has 4 rings (SSSR count). The van der Waals surface area contributed by atoms with Crippen LogP contribution in [-0.4, -0.2) is 6.54 Å². The van der Waals surface area contributed by atoms with Crippen molar-refractivity contribution in [1.29, 1.82) is 0 Å². The molecule has 122 valence electrons. The third-order valence-corrected chi connectivity index (χ3v) is 4.90. The maximum absolute atomic E-state index is 6.27. The molecular weight excluding hydrogens is 294 g/mol. The molecule has 0 N–H and O–H groups in total. The van der Waals surface area contributed by atoms with E-state index in [0.717, 1.165) is 24.5 Å². The van der Waals surface area contributed by atoms with Crippen molar-refractivity contribution >= 4 is 5.69 Å². The van der Waals surface area contributed by atoms with E-state index in [2.05, 4.69) is 80.8 Å². The van der Waals surface area contributed by atoms with E-state index in [4.69, 9.17) is 4.42 Å². The molecular formula is C22H24NO+. The van der Waals surface area contributed by atoms with Gasteiger partial charge >= 0.3 is 0 Å². The van der Waals surface area contributed by atoms with E-state index < -0.39 is 0 Å². The van der Waals surface area contributed by atoms with Gasteiger partial charge in [-0.25, -0.2) is 0 Å². The Morgan fingerprint density at radius 3 is 2.58 bits per heavy atom. The van der Waals surface area contributed by atoms with Crippen molar-refractivity contribution in [3.05, 3.63) is 70.8 Å². The van der Waals surface area contributed by atoms with Crippen LogP contribution in [0.25, 0.3) is 11.3 Å². The summed E-state index contributed by atoms with van der Waals surface area (Å²) in [5, 5.41) is 1.21. The van der Waals surface area contributed by atoms with E-state index >= 15 is 0 Å². The molecule has 0 fully saturated rings. The molecule has 0 saturated heterocycles. The second kappa shape index (κ2) is 5.34. The van der Waals surface area contributed by atoms with Gasteiger partial charge in [-0.3, -0.25) is 0 Å². The summed E-state index contributed by atoms with van der Waals surface area (Å²) in [6.45, 7) is 9.77.